The van der Waals surface area contributed by atoms with E-state index in [1.165, 1.54) is 6.07 Å². The predicted octanol–water partition coefficient (Wildman–Crippen LogP) is 5.52. The van der Waals surface area contributed by atoms with Gasteiger partial charge < -0.3 is 10.6 Å². The van der Waals surface area contributed by atoms with Crippen LogP contribution >= 0.6 is 23.2 Å². The normalized spacial score (nSPS) is 22.2. The van der Waals surface area contributed by atoms with Crippen molar-refractivity contribution in [3.63, 3.8) is 0 Å². The van der Waals surface area contributed by atoms with Crippen LogP contribution < -0.4 is 10.6 Å². The zero-order chi connectivity index (χ0) is 20.8. The molecule has 1 aliphatic heterocycles. The van der Waals surface area contributed by atoms with Crippen molar-refractivity contribution in [2.24, 2.45) is 0 Å². The summed E-state index contributed by atoms with van der Waals surface area (Å²) < 4.78 is 42.1. The monoisotopic (exact) mass is 446 g/mol. The second-order valence-corrected chi connectivity index (χ2v) is 8.29. The van der Waals surface area contributed by atoms with Gasteiger partial charge in [0.05, 0.1) is 16.1 Å². The quantitative estimate of drug-likeness (QED) is 0.651. The lowest BCUT2D eigenvalue weighted by atomic mass is 9.97. The first-order chi connectivity index (χ1) is 13.7. The zero-order valence-corrected chi connectivity index (χ0v) is 16.8. The summed E-state index contributed by atoms with van der Waals surface area (Å²) in [5.74, 6) is -0.307. The SMILES string of the molecule is O=C(NC1CCCC1)c1cc2n(n1)[C@@H](C(F)(F)F)C[C@@H](c1ccc(Cl)c(Cl)c1)N2. The van der Waals surface area contributed by atoms with Crippen molar-refractivity contribution in [3.8, 4) is 0 Å². The van der Waals surface area contributed by atoms with Crippen molar-refractivity contribution < 1.29 is 18.0 Å². The minimum absolute atomic E-state index is 0.0246. The summed E-state index contributed by atoms with van der Waals surface area (Å²) in [4.78, 5) is 12.5. The highest BCUT2D eigenvalue weighted by Crippen LogP contribution is 2.44. The molecular weight excluding hydrogens is 428 g/mol. The van der Waals surface area contributed by atoms with Crippen molar-refractivity contribution in [1.29, 1.82) is 0 Å². The molecule has 1 amide bonds. The van der Waals surface area contributed by atoms with Crippen LogP contribution in [0.4, 0.5) is 19.0 Å². The molecule has 2 atom stereocenters. The summed E-state index contributed by atoms with van der Waals surface area (Å²) in [6.07, 6.45) is -0.970. The van der Waals surface area contributed by atoms with Gasteiger partial charge in [-0.2, -0.15) is 18.3 Å². The highest BCUT2D eigenvalue weighted by atomic mass is 35.5. The molecule has 29 heavy (non-hydrogen) atoms. The van der Waals surface area contributed by atoms with Crippen LogP contribution in [0.15, 0.2) is 24.3 Å². The average Bonchev–Trinajstić information content (AvgIpc) is 3.31. The molecule has 1 aromatic heterocycles. The van der Waals surface area contributed by atoms with E-state index in [1.54, 1.807) is 18.2 Å². The number of carbonyl (C=O) groups excluding carboxylic acids is 1. The minimum atomic E-state index is -4.52. The number of hydrogen-bond donors (Lipinski definition) is 2. The Morgan fingerprint density at radius 1 is 1.17 bits per heavy atom. The number of amides is 1. The topological polar surface area (TPSA) is 59.0 Å². The fourth-order valence-electron chi connectivity index (χ4n) is 3.96. The van der Waals surface area contributed by atoms with E-state index in [1.807, 2.05) is 0 Å². The van der Waals surface area contributed by atoms with E-state index in [-0.39, 0.29) is 29.0 Å². The first-order valence-electron chi connectivity index (χ1n) is 9.41. The first-order valence-corrected chi connectivity index (χ1v) is 10.2. The third-order valence-corrected chi connectivity index (χ3v) is 6.20. The van der Waals surface area contributed by atoms with Gasteiger partial charge in [0.25, 0.3) is 5.91 Å². The minimum Gasteiger partial charge on any atom is -0.363 e. The van der Waals surface area contributed by atoms with Crippen LogP contribution in [0.2, 0.25) is 10.0 Å². The summed E-state index contributed by atoms with van der Waals surface area (Å²) in [5, 5.41) is 10.5. The van der Waals surface area contributed by atoms with Crippen molar-refractivity contribution in [2.45, 2.75) is 56.4 Å². The molecule has 0 unspecified atom stereocenters. The van der Waals surface area contributed by atoms with Crippen LogP contribution in [0.1, 0.15) is 60.2 Å². The second kappa shape index (κ2) is 7.72. The Kier molecular flexibility index (Phi) is 5.42. The molecule has 10 heteroatoms. The smallest absolute Gasteiger partial charge is 0.363 e. The number of fused-ring (bicyclic) bond motifs is 1. The van der Waals surface area contributed by atoms with Crippen LogP contribution in [-0.4, -0.2) is 27.9 Å². The van der Waals surface area contributed by atoms with Gasteiger partial charge in [-0.05, 0) is 30.5 Å². The highest BCUT2D eigenvalue weighted by Gasteiger charge is 2.47. The number of nitrogens with one attached hydrogen (secondary N) is 2. The van der Waals surface area contributed by atoms with Crippen LogP contribution in [0.25, 0.3) is 0 Å². The summed E-state index contributed by atoms with van der Waals surface area (Å²) in [6.45, 7) is 0. The maximum Gasteiger partial charge on any atom is 0.410 e. The number of carbonyl (C=O) groups is 1. The van der Waals surface area contributed by atoms with Gasteiger partial charge in [0.1, 0.15) is 5.82 Å². The van der Waals surface area contributed by atoms with E-state index < -0.39 is 24.2 Å². The number of nitrogens with zero attached hydrogens (tertiary/aromatic N) is 2. The maximum absolute atomic E-state index is 13.8. The fourth-order valence-corrected chi connectivity index (χ4v) is 4.27. The van der Waals surface area contributed by atoms with E-state index in [0.717, 1.165) is 30.4 Å². The van der Waals surface area contributed by atoms with E-state index in [2.05, 4.69) is 15.7 Å². The summed E-state index contributed by atoms with van der Waals surface area (Å²) in [7, 11) is 0. The van der Waals surface area contributed by atoms with Crippen LogP contribution in [0.3, 0.4) is 0 Å². The lowest BCUT2D eigenvalue weighted by Gasteiger charge is -2.33. The van der Waals surface area contributed by atoms with Gasteiger partial charge in [-0.25, -0.2) is 4.68 Å². The molecule has 0 radical (unpaired) electrons. The largest absolute Gasteiger partial charge is 0.410 e. The molecule has 1 aromatic carbocycles. The Morgan fingerprint density at radius 2 is 1.90 bits per heavy atom. The van der Waals surface area contributed by atoms with Crippen LogP contribution in [0, 0.1) is 0 Å². The summed E-state index contributed by atoms with van der Waals surface area (Å²) in [5.41, 5.74) is 0.557. The van der Waals surface area contributed by atoms with E-state index in [4.69, 9.17) is 23.2 Å². The van der Waals surface area contributed by atoms with Gasteiger partial charge in [-0.15, -0.1) is 0 Å². The van der Waals surface area contributed by atoms with E-state index in [0.29, 0.717) is 10.6 Å². The third-order valence-electron chi connectivity index (χ3n) is 5.46. The molecule has 0 saturated heterocycles. The molecule has 156 valence electrons. The number of alkyl halides is 3. The second-order valence-electron chi connectivity index (χ2n) is 7.48. The van der Waals surface area contributed by atoms with Gasteiger partial charge in [0, 0.05) is 18.5 Å². The molecule has 2 aliphatic rings. The summed E-state index contributed by atoms with van der Waals surface area (Å²) >= 11 is 12.0. The first kappa shape index (κ1) is 20.3. The van der Waals surface area contributed by atoms with E-state index >= 15 is 0 Å². The van der Waals surface area contributed by atoms with Gasteiger partial charge >= 0.3 is 6.18 Å². The molecule has 0 spiro atoms. The molecule has 2 N–H and O–H groups in total. The molecule has 1 saturated carbocycles. The Hall–Kier alpha value is -1.93. The van der Waals surface area contributed by atoms with Gasteiger partial charge in [0.2, 0.25) is 0 Å². The van der Waals surface area contributed by atoms with Crippen molar-refractivity contribution in [2.75, 3.05) is 5.32 Å². The van der Waals surface area contributed by atoms with Crippen molar-refractivity contribution in [3.05, 3.63) is 45.6 Å². The Bertz CT molecular complexity index is 925. The number of aromatic nitrogens is 2. The standard InChI is InChI=1S/C19H19Cl2F3N4O/c20-12-6-5-10(7-13(12)21)14-8-16(19(22,23)24)28-17(26-14)9-15(27-28)18(29)25-11-3-1-2-4-11/h5-7,9,11,14,16,26H,1-4,8H2,(H,25,29)/t14-,16+/m0/s1. The van der Waals surface area contributed by atoms with Gasteiger partial charge in [-0.3, -0.25) is 4.79 Å². The number of benzene rings is 1. The number of rotatable bonds is 3. The predicted molar refractivity (Wildman–Crippen MR) is 104 cm³/mol. The average molecular weight is 447 g/mol. The van der Waals surface area contributed by atoms with Gasteiger partial charge in [-0.1, -0.05) is 42.1 Å². The van der Waals surface area contributed by atoms with Crippen molar-refractivity contribution >= 4 is 34.9 Å². The third kappa shape index (κ3) is 4.19. The molecule has 2 aromatic rings. The molecule has 1 aliphatic carbocycles. The summed E-state index contributed by atoms with van der Waals surface area (Å²) in [6, 6.07) is 3.66. The van der Waals surface area contributed by atoms with Crippen molar-refractivity contribution in [1.82, 2.24) is 15.1 Å². The molecule has 1 fully saturated rings. The van der Waals surface area contributed by atoms with Crippen LogP contribution in [-0.2, 0) is 0 Å². The Balaban J connectivity index is 1.63. The fraction of sp³-hybridized carbons (Fsp3) is 0.474. The zero-order valence-electron chi connectivity index (χ0n) is 15.3. The highest BCUT2D eigenvalue weighted by molar-refractivity contribution is 6.42. The lowest BCUT2D eigenvalue weighted by Crippen LogP contribution is -2.36. The lowest BCUT2D eigenvalue weighted by molar-refractivity contribution is -0.173. The molecule has 2 heterocycles. The van der Waals surface area contributed by atoms with Gasteiger partial charge in [0.15, 0.2) is 11.7 Å². The van der Waals surface area contributed by atoms with Crippen LogP contribution in [0.5, 0.6) is 0 Å². The molecule has 4 rings (SSSR count). The molecule has 0 bridgehead atoms. The van der Waals surface area contributed by atoms with E-state index in [9.17, 15) is 18.0 Å². The maximum atomic E-state index is 13.8. The number of halogens is 5. The number of anilines is 1. The molecular formula is C19H19Cl2F3N4O. The Morgan fingerprint density at radius 3 is 2.55 bits per heavy atom. The Labute approximate surface area is 175 Å². The number of hydrogen-bond acceptors (Lipinski definition) is 3. The molecule has 5 nitrogen and oxygen atoms in total.